The summed E-state index contributed by atoms with van der Waals surface area (Å²) in [5, 5.41) is 11.8. The van der Waals surface area contributed by atoms with Gasteiger partial charge in [-0.3, -0.25) is 0 Å². The molecule has 0 spiro atoms. The number of fused-ring (bicyclic) bond motifs is 2. The quantitative estimate of drug-likeness (QED) is 0.835. The van der Waals surface area contributed by atoms with Crippen LogP contribution in [-0.4, -0.2) is 5.11 Å². The fraction of sp³-hybridized carbons (Fsp3) is 0.579. The SMILES string of the molecule is OC(c1cc2ccccc2o1)C1CCC2CCCCC2C1. The Hall–Kier alpha value is -1.28. The Kier molecular flexibility index (Phi) is 3.50. The molecule has 2 aromatic rings. The summed E-state index contributed by atoms with van der Waals surface area (Å²) in [7, 11) is 0. The number of aliphatic hydroxyl groups excluding tert-OH is 1. The first-order chi connectivity index (χ1) is 10.3. The van der Waals surface area contributed by atoms with Crippen LogP contribution in [0.2, 0.25) is 0 Å². The van der Waals surface area contributed by atoms with Crippen molar-refractivity contribution in [1.82, 2.24) is 0 Å². The number of furan rings is 1. The number of rotatable bonds is 2. The van der Waals surface area contributed by atoms with Gasteiger partial charge in [0, 0.05) is 5.39 Å². The minimum absolute atomic E-state index is 0.380. The highest BCUT2D eigenvalue weighted by atomic mass is 16.4. The summed E-state index contributed by atoms with van der Waals surface area (Å²) in [4.78, 5) is 0. The molecule has 1 aromatic carbocycles. The number of aliphatic hydroxyl groups is 1. The summed E-state index contributed by atoms with van der Waals surface area (Å²) in [5.74, 6) is 2.91. The summed E-state index contributed by atoms with van der Waals surface area (Å²) in [6.07, 6.45) is 8.79. The largest absolute Gasteiger partial charge is 0.458 e. The first kappa shape index (κ1) is 13.4. The highest BCUT2D eigenvalue weighted by Crippen LogP contribution is 2.46. The lowest BCUT2D eigenvalue weighted by Crippen LogP contribution is -2.30. The molecule has 1 N–H and O–H groups in total. The smallest absolute Gasteiger partial charge is 0.134 e. The van der Waals surface area contributed by atoms with Crippen LogP contribution in [0.3, 0.4) is 0 Å². The van der Waals surface area contributed by atoms with E-state index in [1.807, 2.05) is 30.3 Å². The molecule has 0 radical (unpaired) electrons. The maximum atomic E-state index is 10.7. The molecule has 0 aliphatic heterocycles. The van der Waals surface area contributed by atoms with Crippen molar-refractivity contribution in [3.8, 4) is 0 Å². The van der Waals surface area contributed by atoms with Crippen molar-refractivity contribution >= 4 is 11.0 Å². The highest BCUT2D eigenvalue weighted by Gasteiger charge is 2.36. The van der Waals surface area contributed by atoms with Gasteiger partial charge in [-0.25, -0.2) is 0 Å². The van der Waals surface area contributed by atoms with Gasteiger partial charge in [-0.15, -0.1) is 0 Å². The van der Waals surface area contributed by atoms with Crippen molar-refractivity contribution in [2.24, 2.45) is 17.8 Å². The molecule has 2 heteroatoms. The molecule has 2 aliphatic carbocycles. The molecule has 112 valence electrons. The molecule has 2 nitrogen and oxygen atoms in total. The number of benzene rings is 1. The summed E-state index contributed by atoms with van der Waals surface area (Å²) in [6, 6.07) is 10.0. The minimum Gasteiger partial charge on any atom is -0.458 e. The van der Waals surface area contributed by atoms with Gasteiger partial charge < -0.3 is 9.52 Å². The molecule has 1 heterocycles. The van der Waals surface area contributed by atoms with Crippen molar-refractivity contribution in [3.63, 3.8) is 0 Å². The van der Waals surface area contributed by atoms with Crippen LogP contribution in [0, 0.1) is 17.8 Å². The third-order valence-corrected chi connectivity index (χ3v) is 5.76. The van der Waals surface area contributed by atoms with Crippen LogP contribution in [0.1, 0.15) is 56.8 Å². The Morgan fingerprint density at radius 1 is 1.00 bits per heavy atom. The van der Waals surface area contributed by atoms with Gasteiger partial charge in [0.2, 0.25) is 0 Å². The van der Waals surface area contributed by atoms with E-state index >= 15 is 0 Å². The summed E-state index contributed by atoms with van der Waals surface area (Å²) in [6.45, 7) is 0. The fourth-order valence-electron chi connectivity index (χ4n) is 4.58. The molecule has 2 saturated carbocycles. The van der Waals surface area contributed by atoms with E-state index in [0.717, 1.165) is 35.0 Å². The van der Waals surface area contributed by atoms with Gasteiger partial charge in [-0.1, -0.05) is 43.9 Å². The average molecular weight is 284 g/mol. The molecule has 1 aromatic heterocycles. The number of hydrogen-bond donors (Lipinski definition) is 1. The molecule has 4 unspecified atom stereocenters. The topological polar surface area (TPSA) is 33.4 Å². The third-order valence-electron chi connectivity index (χ3n) is 5.76. The van der Waals surface area contributed by atoms with Crippen LogP contribution < -0.4 is 0 Å². The van der Waals surface area contributed by atoms with Gasteiger partial charge in [-0.2, -0.15) is 0 Å². The van der Waals surface area contributed by atoms with Crippen molar-refractivity contribution in [3.05, 3.63) is 36.1 Å². The molecule has 2 fully saturated rings. The highest BCUT2D eigenvalue weighted by molar-refractivity contribution is 5.77. The standard InChI is InChI=1S/C19H24O2/c20-19(18-12-15-7-3-4-8-17(15)21-18)16-10-9-13-5-1-2-6-14(13)11-16/h3-4,7-8,12-14,16,19-20H,1-2,5-6,9-11H2. The lowest BCUT2D eigenvalue weighted by atomic mass is 9.66. The van der Waals surface area contributed by atoms with E-state index in [-0.39, 0.29) is 0 Å². The van der Waals surface area contributed by atoms with Crippen LogP contribution in [0.4, 0.5) is 0 Å². The van der Waals surface area contributed by atoms with Crippen LogP contribution in [0.15, 0.2) is 34.7 Å². The zero-order valence-corrected chi connectivity index (χ0v) is 12.5. The molecule has 0 amide bonds. The summed E-state index contributed by atoms with van der Waals surface area (Å²) in [5.41, 5.74) is 0.887. The number of hydrogen-bond acceptors (Lipinski definition) is 2. The molecule has 0 bridgehead atoms. The van der Waals surface area contributed by atoms with Crippen LogP contribution >= 0.6 is 0 Å². The molecule has 4 rings (SSSR count). The van der Waals surface area contributed by atoms with E-state index in [1.54, 1.807) is 0 Å². The van der Waals surface area contributed by atoms with E-state index in [9.17, 15) is 5.11 Å². The minimum atomic E-state index is -0.430. The second kappa shape index (κ2) is 5.49. The molecule has 21 heavy (non-hydrogen) atoms. The molecular weight excluding hydrogens is 260 g/mol. The van der Waals surface area contributed by atoms with E-state index in [1.165, 1.54) is 38.5 Å². The van der Waals surface area contributed by atoms with Crippen LogP contribution in [0.25, 0.3) is 11.0 Å². The zero-order chi connectivity index (χ0) is 14.2. The van der Waals surface area contributed by atoms with Crippen LogP contribution in [-0.2, 0) is 0 Å². The summed E-state index contributed by atoms with van der Waals surface area (Å²) >= 11 is 0. The Balaban J connectivity index is 1.52. The second-order valence-corrected chi connectivity index (χ2v) is 7.01. The van der Waals surface area contributed by atoms with E-state index in [0.29, 0.717) is 5.92 Å². The van der Waals surface area contributed by atoms with Crippen LogP contribution in [0.5, 0.6) is 0 Å². The normalized spacial score (nSPS) is 31.0. The predicted octanol–water partition coefficient (Wildman–Crippen LogP) is 5.07. The Morgan fingerprint density at radius 2 is 1.81 bits per heavy atom. The van der Waals surface area contributed by atoms with Crippen molar-refractivity contribution < 1.29 is 9.52 Å². The Labute approximate surface area is 126 Å². The third kappa shape index (κ3) is 2.50. The second-order valence-electron chi connectivity index (χ2n) is 7.01. The van der Waals surface area contributed by atoms with Gasteiger partial charge in [0.15, 0.2) is 0 Å². The van der Waals surface area contributed by atoms with E-state index < -0.39 is 6.10 Å². The maximum absolute atomic E-state index is 10.7. The molecular formula is C19H24O2. The Morgan fingerprint density at radius 3 is 2.67 bits per heavy atom. The summed E-state index contributed by atoms with van der Waals surface area (Å²) < 4.78 is 5.87. The van der Waals surface area contributed by atoms with Crippen molar-refractivity contribution in [1.29, 1.82) is 0 Å². The van der Waals surface area contributed by atoms with E-state index in [2.05, 4.69) is 0 Å². The van der Waals surface area contributed by atoms with Gasteiger partial charge in [0.25, 0.3) is 0 Å². The maximum Gasteiger partial charge on any atom is 0.134 e. The average Bonchev–Trinajstić information content (AvgIpc) is 2.97. The monoisotopic (exact) mass is 284 g/mol. The zero-order valence-electron chi connectivity index (χ0n) is 12.5. The molecule has 2 aliphatic rings. The van der Waals surface area contributed by atoms with Crippen molar-refractivity contribution in [2.45, 2.75) is 51.0 Å². The molecule has 4 atom stereocenters. The number of para-hydroxylation sites is 1. The Bertz CT molecular complexity index is 582. The van der Waals surface area contributed by atoms with E-state index in [4.69, 9.17) is 4.42 Å². The van der Waals surface area contributed by atoms with Gasteiger partial charge in [0.05, 0.1) is 0 Å². The first-order valence-electron chi connectivity index (χ1n) is 8.48. The first-order valence-corrected chi connectivity index (χ1v) is 8.48. The molecule has 0 saturated heterocycles. The predicted molar refractivity (Wildman–Crippen MR) is 84.0 cm³/mol. The van der Waals surface area contributed by atoms with Crippen molar-refractivity contribution in [2.75, 3.05) is 0 Å². The lowest BCUT2D eigenvalue weighted by molar-refractivity contribution is 0.0238. The van der Waals surface area contributed by atoms with Gasteiger partial charge >= 0.3 is 0 Å². The lowest BCUT2D eigenvalue weighted by Gasteiger charge is -2.40. The van der Waals surface area contributed by atoms with Gasteiger partial charge in [-0.05, 0) is 49.1 Å². The fourth-order valence-corrected chi connectivity index (χ4v) is 4.58. The van der Waals surface area contributed by atoms with Gasteiger partial charge in [0.1, 0.15) is 17.4 Å².